The molecular formula is C11H19N3O. The molecule has 0 aliphatic carbocycles. The van der Waals surface area contributed by atoms with Crippen molar-refractivity contribution in [3.8, 4) is 0 Å². The van der Waals surface area contributed by atoms with E-state index in [1.807, 2.05) is 10.9 Å². The van der Waals surface area contributed by atoms with E-state index in [4.69, 9.17) is 10.5 Å². The normalized spacial score (nSPS) is 21.8. The van der Waals surface area contributed by atoms with Crippen molar-refractivity contribution in [2.75, 3.05) is 19.8 Å². The summed E-state index contributed by atoms with van der Waals surface area (Å²) in [6.07, 6.45) is 8.47. The Morgan fingerprint density at radius 1 is 1.60 bits per heavy atom. The number of hydrogen-bond donors (Lipinski definition) is 1. The first-order valence-electron chi connectivity index (χ1n) is 5.71. The standard InChI is InChI=1S/C11H19N3O/c12-5-1-3-10-7-13-14(8-10)11-4-2-6-15-9-11/h7-8,11H,1-6,9,12H2. The van der Waals surface area contributed by atoms with Gasteiger partial charge < -0.3 is 10.5 Å². The summed E-state index contributed by atoms with van der Waals surface area (Å²) in [6, 6.07) is 0.436. The predicted octanol–water partition coefficient (Wildman–Crippen LogP) is 1.13. The highest BCUT2D eigenvalue weighted by molar-refractivity contribution is 5.04. The number of ether oxygens (including phenoxy) is 1. The zero-order chi connectivity index (χ0) is 10.5. The smallest absolute Gasteiger partial charge is 0.0753 e. The van der Waals surface area contributed by atoms with Crippen LogP contribution in [0.4, 0.5) is 0 Å². The van der Waals surface area contributed by atoms with E-state index in [1.54, 1.807) is 0 Å². The monoisotopic (exact) mass is 209 g/mol. The summed E-state index contributed by atoms with van der Waals surface area (Å²) >= 11 is 0. The molecule has 0 saturated carbocycles. The number of hydrogen-bond acceptors (Lipinski definition) is 3. The second-order valence-corrected chi connectivity index (χ2v) is 4.09. The molecule has 2 heterocycles. The molecule has 0 amide bonds. The largest absolute Gasteiger partial charge is 0.379 e. The Morgan fingerprint density at radius 2 is 2.53 bits per heavy atom. The fourth-order valence-corrected chi connectivity index (χ4v) is 1.94. The Bertz CT molecular complexity index is 292. The maximum atomic E-state index is 5.48. The first-order chi connectivity index (χ1) is 7.40. The van der Waals surface area contributed by atoms with Crippen molar-refractivity contribution in [1.82, 2.24) is 9.78 Å². The minimum atomic E-state index is 0.436. The molecule has 0 bridgehead atoms. The van der Waals surface area contributed by atoms with E-state index >= 15 is 0 Å². The van der Waals surface area contributed by atoms with Crippen LogP contribution in [0.2, 0.25) is 0 Å². The van der Waals surface area contributed by atoms with Crippen molar-refractivity contribution in [2.24, 2.45) is 5.73 Å². The van der Waals surface area contributed by atoms with Gasteiger partial charge in [0, 0.05) is 12.8 Å². The molecule has 2 rings (SSSR count). The molecule has 4 heteroatoms. The van der Waals surface area contributed by atoms with Crippen LogP contribution in [-0.2, 0) is 11.2 Å². The topological polar surface area (TPSA) is 53.1 Å². The van der Waals surface area contributed by atoms with Gasteiger partial charge in [0.25, 0.3) is 0 Å². The Kier molecular flexibility index (Phi) is 3.75. The van der Waals surface area contributed by atoms with Gasteiger partial charge in [-0.05, 0) is 37.8 Å². The molecule has 15 heavy (non-hydrogen) atoms. The number of aromatic nitrogens is 2. The summed E-state index contributed by atoms with van der Waals surface area (Å²) < 4.78 is 7.49. The van der Waals surface area contributed by atoms with Gasteiger partial charge in [-0.1, -0.05) is 0 Å². The highest BCUT2D eigenvalue weighted by Crippen LogP contribution is 2.19. The lowest BCUT2D eigenvalue weighted by atomic mass is 10.1. The minimum absolute atomic E-state index is 0.436. The van der Waals surface area contributed by atoms with E-state index in [9.17, 15) is 0 Å². The van der Waals surface area contributed by atoms with E-state index in [0.717, 1.165) is 39.0 Å². The van der Waals surface area contributed by atoms with Crippen LogP contribution in [0, 0.1) is 0 Å². The molecule has 1 aromatic rings. The maximum Gasteiger partial charge on any atom is 0.0753 e. The predicted molar refractivity (Wildman–Crippen MR) is 58.7 cm³/mol. The third kappa shape index (κ3) is 2.79. The van der Waals surface area contributed by atoms with E-state index in [2.05, 4.69) is 11.3 Å². The Morgan fingerprint density at radius 3 is 3.27 bits per heavy atom. The minimum Gasteiger partial charge on any atom is -0.379 e. The summed E-state index contributed by atoms with van der Waals surface area (Å²) in [5.41, 5.74) is 6.76. The van der Waals surface area contributed by atoms with E-state index in [1.165, 1.54) is 12.0 Å². The van der Waals surface area contributed by atoms with E-state index < -0.39 is 0 Å². The molecule has 0 spiro atoms. The lowest BCUT2D eigenvalue weighted by Crippen LogP contribution is -2.21. The van der Waals surface area contributed by atoms with Crippen LogP contribution in [-0.4, -0.2) is 29.5 Å². The van der Waals surface area contributed by atoms with Gasteiger partial charge in [0.2, 0.25) is 0 Å². The average Bonchev–Trinajstić information content (AvgIpc) is 2.76. The molecule has 1 saturated heterocycles. The number of rotatable bonds is 4. The van der Waals surface area contributed by atoms with Crippen molar-refractivity contribution in [1.29, 1.82) is 0 Å². The summed E-state index contributed by atoms with van der Waals surface area (Å²) in [5, 5.41) is 4.39. The second kappa shape index (κ2) is 5.28. The molecule has 1 aliphatic heterocycles. The average molecular weight is 209 g/mol. The van der Waals surface area contributed by atoms with Gasteiger partial charge in [-0.25, -0.2) is 0 Å². The molecule has 2 N–H and O–H groups in total. The van der Waals surface area contributed by atoms with Crippen LogP contribution in [0.15, 0.2) is 12.4 Å². The zero-order valence-electron chi connectivity index (χ0n) is 9.06. The SMILES string of the molecule is NCCCc1cnn(C2CCCOC2)c1. The molecule has 1 aromatic heterocycles. The molecule has 1 aliphatic rings. The summed E-state index contributed by atoms with van der Waals surface area (Å²) in [7, 11) is 0. The highest BCUT2D eigenvalue weighted by Gasteiger charge is 2.16. The molecule has 1 unspecified atom stereocenters. The summed E-state index contributed by atoms with van der Waals surface area (Å²) in [5.74, 6) is 0. The summed E-state index contributed by atoms with van der Waals surface area (Å²) in [4.78, 5) is 0. The molecule has 84 valence electrons. The maximum absolute atomic E-state index is 5.48. The van der Waals surface area contributed by atoms with Gasteiger partial charge >= 0.3 is 0 Å². The first-order valence-corrected chi connectivity index (χ1v) is 5.71. The molecular weight excluding hydrogens is 190 g/mol. The van der Waals surface area contributed by atoms with Crippen molar-refractivity contribution in [3.05, 3.63) is 18.0 Å². The Labute approximate surface area is 90.4 Å². The van der Waals surface area contributed by atoms with Crippen LogP contribution in [0.1, 0.15) is 30.9 Å². The van der Waals surface area contributed by atoms with Gasteiger partial charge in [0.15, 0.2) is 0 Å². The molecule has 4 nitrogen and oxygen atoms in total. The molecule has 1 fully saturated rings. The van der Waals surface area contributed by atoms with Crippen molar-refractivity contribution in [3.63, 3.8) is 0 Å². The fourth-order valence-electron chi connectivity index (χ4n) is 1.94. The van der Waals surface area contributed by atoms with Crippen LogP contribution in [0.5, 0.6) is 0 Å². The van der Waals surface area contributed by atoms with Gasteiger partial charge in [0.1, 0.15) is 0 Å². The zero-order valence-corrected chi connectivity index (χ0v) is 9.06. The second-order valence-electron chi connectivity index (χ2n) is 4.09. The third-order valence-electron chi connectivity index (χ3n) is 2.83. The van der Waals surface area contributed by atoms with Crippen molar-refractivity contribution >= 4 is 0 Å². The number of nitrogens with two attached hydrogens (primary N) is 1. The van der Waals surface area contributed by atoms with Crippen molar-refractivity contribution < 1.29 is 4.74 Å². The van der Waals surface area contributed by atoms with Gasteiger partial charge in [-0.2, -0.15) is 5.10 Å². The van der Waals surface area contributed by atoms with Gasteiger partial charge in [0.05, 0.1) is 18.8 Å². The molecule has 1 atom stereocenters. The van der Waals surface area contributed by atoms with E-state index in [-0.39, 0.29) is 0 Å². The van der Waals surface area contributed by atoms with E-state index in [0.29, 0.717) is 6.04 Å². The van der Waals surface area contributed by atoms with Crippen LogP contribution < -0.4 is 5.73 Å². The fraction of sp³-hybridized carbons (Fsp3) is 0.727. The highest BCUT2D eigenvalue weighted by atomic mass is 16.5. The summed E-state index contributed by atoms with van der Waals surface area (Å²) in [6.45, 7) is 2.45. The number of aryl methyl sites for hydroxylation is 1. The Balaban J connectivity index is 1.93. The molecule has 0 aromatic carbocycles. The van der Waals surface area contributed by atoms with Crippen LogP contribution in [0.3, 0.4) is 0 Å². The number of nitrogens with zero attached hydrogens (tertiary/aromatic N) is 2. The first kappa shape index (κ1) is 10.6. The third-order valence-corrected chi connectivity index (χ3v) is 2.83. The lowest BCUT2D eigenvalue weighted by Gasteiger charge is -2.22. The van der Waals surface area contributed by atoms with Gasteiger partial charge in [-0.15, -0.1) is 0 Å². The van der Waals surface area contributed by atoms with Crippen LogP contribution >= 0.6 is 0 Å². The molecule has 0 radical (unpaired) electrons. The van der Waals surface area contributed by atoms with Gasteiger partial charge in [-0.3, -0.25) is 4.68 Å². The quantitative estimate of drug-likeness (QED) is 0.808. The van der Waals surface area contributed by atoms with Crippen molar-refractivity contribution in [2.45, 2.75) is 31.7 Å². The van der Waals surface area contributed by atoms with Crippen LogP contribution in [0.25, 0.3) is 0 Å². The lowest BCUT2D eigenvalue weighted by molar-refractivity contribution is 0.0549. The Hall–Kier alpha value is -0.870.